The fourth-order valence-corrected chi connectivity index (χ4v) is 2.96. The molecule has 0 bridgehead atoms. The molecule has 1 aliphatic rings. The molecule has 2 atom stereocenters. The zero-order chi connectivity index (χ0) is 15.1. The molecule has 0 spiro atoms. The predicted octanol–water partition coefficient (Wildman–Crippen LogP) is 2.58. The number of ether oxygens (including phenoxy) is 1. The molecule has 116 valence electrons. The topological polar surface area (TPSA) is 76.4 Å². The van der Waals surface area contributed by atoms with E-state index in [2.05, 4.69) is 10.6 Å². The number of methoxy groups -OCH3 is 1. The number of nitrogens with two attached hydrogens (primary N) is 1. The summed E-state index contributed by atoms with van der Waals surface area (Å²) >= 11 is 0. The van der Waals surface area contributed by atoms with Crippen molar-refractivity contribution >= 4 is 11.7 Å². The second kappa shape index (κ2) is 7.88. The molecule has 0 saturated heterocycles. The van der Waals surface area contributed by atoms with E-state index in [1.807, 2.05) is 18.2 Å². The highest BCUT2D eigenvalue weighted by Gasteiger charge is 2.24. The minimum absolute atomic E-state index is 0.176. The van der Waals surface area contributed by atoms with Crippen LogP contribution in [0.15, 0.2) is 24.3 Å². The lowest BCUT2D eigenvalue weighted by atomic mass is 9.79. The normalized spacial score (nSPS) is 21.6. The molecule has 1 aromatic carbocycles. The third-order valence-corrected chi connectivity index (χ3v) is 4.22. The van der Waals surface area contributed by atoms with Gasteiger partial charge >= 0.3 is 6.03 Å². The van der Waals surface area contributed by atoms with Crippen molar-refractivity contribution in [2.75, 3.05) is 25.5 Å². The number of hydrogen-bond donors (Lipinski definition) is 3. The largest absolute Gasteiger partial charge is 0.497 e. The van der Waals surface area contributed by atoms with E-state index < -0.39 is 0 Å². The Kier molecular flexibility index (Phi) is 5.87. The smallest absolute Gasteiger partial charge is 0.319 e. The van der Waals surface area contributed by atoms with E-state index in [4.69, 9.17) is 10.5 Å². The molecule has 1 fully saturated rings. The van der Waals surface area contributed by atoms with Gasteiger partial charge in [-0.1, -0.05) is 18.9 Å². The van der Waals surface area contributed by atoms with Crippen molar-refractivity contribution < 1.29 is 9.53 Å². The molecule has 21 heavy (non-hydrogen) atoms. The first-order valence-corrected chi connectivity index (χ1v) is 7.62. The predicted molar refractivity (Wildman–Crippen MR) is 84.5 cm³/mol. The number of carbonyl (C=O) groups excluding carboxylic acids is 1. The van der Waals surface area contributed by atoms with Gasteiger partial charge in [-0.05, 0) is 43.4 Å². The van der Waals surface area contributed by atoms with Crippen molar-refractivity contribution in [2.24, 2.45) is 17.6 Å². The van der Waals surface area contributed by atoms with Gasteiger partial charge in [-0.2, -0.15) is 0 Å². The molecular weight excluding hydrogens is 266 g/mol. The van der Waals surface area contributed by atoms with Crippen LogP contribution in [0.2, 0.25) is 0 Å². The summed E-state index contributed by atoms with van der Waals surface area (Å²) in [5.74, 6) is 1.76. The fraction of sp³-hybridized carbons (Fsp3) is 0.562. The number of urea groups is 1. The highest BCUT2D eigenvalue weighted by Crippen LogP contribution is 2.28. The van der Waals surface area contributed by atoms with E-state index in [0.717, 1.165) is 17.9 Å². The maximum Gasteiger partial charge on any atom is 0.319 e. The summed E-state index contributed by atoms with van der Waals surface area (Å²) in [5.41, 5.74) is 6.54. The van der Waals surface area contributed by atoms with Crippen molar-refractivity contribution in [3.8, 4) is 5.75 Å². The van der Waals surface area contributed by atoms with Gasteiger partial charge in [0.2, 0.25) is 0 Å². The van der Waals surface area contributed by atoms with E-state index in [1.165, 1.54) is 19.3 Å². The van der Waals surface area contributed by atoms with Crippen LogP contribution < -0.4 is 21.1 Å². The minimum atomic E-state index is -0.176. The summed E-state index contributed by atoms with van der Waals surface area (Å²) in [6, 6.07) is 7.15. The van der Waals surface area contributed by atoms with Crippen LogP contribution in [-0.2, 0) is 0 Å². The van der Waals surface area contributed by atoms with Crippen LogP contribution in [0.25, 0.3) is 0 Å². The molecule has 2 rings (SSSR count). The Morgan fingerprint density at radius 1 is 1.33 bits per heavy atom. The molecule has 0 heterocycles. The number of carbonyl (C=O) groups is 1. The molecule has 4 N–H and O–H groups in total. The van der Waals surface area contributed by atoms with Crippen molar-refractivity contribution in [2.45, 2.75) is 25.7 Å². The van der Waals surface area contributed by atoms with E-state index in [-0.39, 0.29) is 6.03 Å². The Morgan fingerprint density at radius 3 is 2.81 bits per heavy atom. The number of hydrogen-bond acceptors (Lipinski definition) is 3. The van der Waals surface area contributed by atoms with Gasteiger partial charge in [0.05, 0.1) is 7.11 Å². The van der Waals surface area contributed by atoms with Crippen molar-refractivity contribution in [3.63, 3.8) is 0 Å². The molecule has 5 heteroatoms. The minimum Gasteiger partial charge on any atom is -0.497 e. The molecule has 2 unspecified atom stereocenters. The van der Waals surface area contributed by atoms with Gasteiger partial charge in [0.25, 0.3) is 0 Å². The quantitative estimate of drug-likeness (QED) is 0.780. The lowest BCUT2D eigenvalue weighted by Gasteiger charge is -2.30. The zero-order valence-electron chi connectivity index (χ0n) is 12.6. The first-order chi connectivity index (χ1) is 10.2. The average molecular weight is 291 g/mol. The lowest BCUT2D eigenvalue weighted by molar-refractivity contribution is 0.225. The van der Waals surface area contributed by atoms with Gasteiger partial charge in [0.15, 0.2) is 0 Å². The van der Waals surface area contributed by atoms with Crippen LogP contribution in [0, 0.1) is 11.8 Å². The van der Waals surface area contributed by atoms with E-state index in [9.17, 15) is 4.79 Å². The number of anilines is 1. The molecule has 0 aromatic heterocycles. The average Bonchev–Trinajstić information content (AvgIpc) is 2.53. The number of benzene rings is 1. The number of rotatable bonds is 5. The number of amides is 2. The van der Waals surface area contributed by atoms with Crippen LogP contribution in [0.5, 0.6) is 5.75 Å². The van der Waals surface area contributed by atoms with E-state index in [1.54, 1.807) is 13.2 Å². The Bertz CT molecular complexity index is 465. The van der Waals surface area contributed by atoms with Gasteiger partial charge in [-0.3, -0.25) is 0 Å². The molecule has 0 aliphatic heterocycles. The van der Waals surface area contributed by atoms with Crippen LogP contribution >= 0.6 is 0 Å². The maximum absolute atomic E-state index is 12.0. The van der Waals surface area contributed by atoms with Crippen LogP contribution in [0.3, 0.4) is 0 Å². The summed E-state index contributed by atoms with van der Waals surface area (Å²) in [7, 11) is 1.61. The third-order valence-electron chi connectivity index (χ3n) is 4.22. The highest BCUT2D eigenvalue weighted by molar-refractivity contribution is 5.89. The Labute approximate surface area is 126 Å². The maximum atomic E-state index is 12.0. The van der Waals surface area contributed by atoms with Crippen molar-refractivity contribution in [3.05, 3.63) is 24.3 Å². The summed E-state index contributed by atoms with van der Waals surface area (Å²) in [5, 5.41) is 5.78. The first-order valence-electron chi connectivity index (χ1n) is 7.62. The second-order valence-corrected chi connectivity index (χ2v) is 5.61. The zero-order valence-corrected chi connectivity index (χ0v) is 12.6. The van der Waals surface area contributed by atoms with Gasteiger partial charge in [0, 0.05) is 18.3 Å². The molecule has 1 saturated carbocycles. The van der Waals surface area contributed by atoms with Gasteiger partial charge < -0.3 is 21.1 Å². The molecule has 2 amide bonds. The third kappa shape index (κ3) is 4.63. The van der Waals surface area contributed by atoms with Crippen LogP contribution in [0.1, 0.15) is 25.7 Å². The SMILES string of the molecule is COc1cccc(NC(=O)NCC2CCCCC2CN)c1. The lowest BCUT2D eigenvalue weighted by Crippen LogP contribution is -2.38. The first kappa shape index (κ1) is 15.6. The molecule has 1 aromatic rings. The monoisotopic (exact) mass is 291 g/mol. The van der Waals surface area contributed by atoms with E-state index >= 15 is 0 Å². The van der Waals surface area contributed by atoms with Crippen molar-refractivity contribution in [1.82, 2.24) is 5.32 Å². The van der Waals surface area contributed by atoms with Crippen LogP contribution in [0.4, 0.5) is 10.5 Å². The summed E-state index contributed by atoms with van der Waals surface area (Å²) < 4.78 is 5.13. The van der Waals surface area contributed by atoms with Gasteiger partial charge in [0.1, 0.15) is 5.75 Å². The fourth-order valence-electron chi connectivity index (χ4n) is 2.96. The van der Waals surface area contributed by atoms with E-state index in [0.29, 0.717) is 24.9 Å². The summed E-state index contributed by atoms with van der Waals surface area (Å²) in [4.78, 5) is 12.0. The second-order valence-electron chi connectivity index (χ2n) is 5.61. The van der Waals surface area contributed by atoms with Crippen LogP contribution in [-0.4, -0.2) is 26.2 Å². The Balaban J connectivity index is 1.81. The molecule has 1 aliphatic carbocycles. The molecular formula is C16H25N3O2. The standard InChI is InChI=1S/C16H25N3O2/c1-21-15-8-4-7-14(9-15)19-16(20)18-11-13-6-3-2-5-12(13)10-17/h4,7-9,12-13H,2-3,5-6,10-11,17H2,1H3,(H2,18,19,20). The number of nitrogens with one attached hydrogen (secondary N) is 2. The summed E-state index contributed by atoms with van der Waals surface area (Å²) in [6.45, 7) is 1.40. The molecule has 5 nitrogen and oxygen atoms in total. The Hall–Kier alpha value is -1.75. The molecule has 0 radical (unpaired) electrons. The Morgan fingerprint density at radius 2 is 2.10 bits per heavy atom. The summed E-state index contributed by atoms with van der Waals surface area (Å²) in [6.07, 6.45) is 4.83. The van der Waals surface area contributed by atoms with Gasteiger partial charge in [-0.25, -0.2) is 4.79 Å². The van der Waals surface area contributed by atoms with Gasteiger partial charge in [-0.15, -0.1) is 0 Å². The van der Waals surface area contributed by atoms with Crippen molar-refractivity contribution in [1.29, 1.82) is 0 Å². The highest BCUT2D eigenvalue weighted by atomic mass is 16.5.